The van der Waals surface area contributed by atoms with Crippen molar-refractivity contribution in [1.29, 1.82) is 0 Å². The molecule has 11 nitrogen and oxygen atoms in total. The Hall–Kier alpha value is -3.05. The van der Waals surface area contributed by atoms with Gasteiger partial charge in [-0.1, -0.05) is 11.6 Å². The average Bonchev–Trinajstić information content (AvgIpc) is 3.59. The third-order valence-corrected chi connectivity index (χ3v) is 9.56. The summed E-state index contributed by atoms with van der Waals surface area (Å²) in [6.07, 6.45) is 7.84. The summed E-state index contributed by atoms with van der Waals surface area (Å²) in [5, 5.41) is 4.49. The van der Waals surface area contributed by atoms with Crippen LogP contribution in [0.5, 0.6) is 5.88 Å². The summed E-state index contributed by atoms with van der Waals surface area (Å²) in [5.41, 5.74) is 2.02. The van der Waals surface area contributed by atoms with Gasteiger partial charge in [-0.2, -0.15) is 4.98 Å². The van der Waals surface area contributed by atoms with Gasteiger partial charge in [-0.05, 0) is 65.5 Å². The normalized spacial score (nSPS) is 26.7. The number of aromatic nitrogens is 5. The van der Waals surface area contributed by atoms with Gasteiger partial charge in [-0.25, -0.2) is 9.78 Å². The van der Waals surface area contributed by atoms with Gasteiger partial charge in [0.1, 0.15) is 17.6 Å². The number of hydrogen-bond acceptors (Lipinski definition) is 9. The minimum absolute atomic E-state index is 0.0954. The molecule has 3 aromatic heterocycles. The average molecular weight is 537 g/mol. The summed E-state index contributed by atoms with van der Waals surface area (Å²) in [6, 6.07) is 0.162. The summed E-state index contributed by atoms with van der Waals surface area (Å²) in [4.78, 5) is 38.7. The van der Waals surface area contributed by atoms with Crippen LogP contribution in [0.15, 0.2) is 9.32 Å². The van der Waals surface area contributed by atoms with Crippen molar-refractivity contribution < 1.29 is 18.8 Å². The van der Waals surface area contributed by atoms with Crippen molar-refractivity contribution in [2.75, 3.05) is 26.8 Å². The van der Waals surface area contributed by atoms with Crippen LogP contribution in [0, 0.1) is 0 Å². The Kier molecular flexibility index (Phi) is 5.93. The van der Waals surface area contributed by atoms with Crippen molar-refractivity contribution in [3.63, 3.8) is 0 Å². The monoisotopic (exact) mass is 536 g/mol. The third kappa shape index (κ3) is 3.72. The molecule has 0 unspecified atom stereocenters. The second kappa shape index (κ2) is 9.26. The van der Waals surface area contributed by atoms with Gasteiger partial charge in [0.25, 0.3) is 0 Å². The number of nitrogens with zero attached hydrogens (tertiary/aromatic N) is 6. The highest BCUT2D eigenvalue weighted by Crippen LogP contribution is 2.47. The third-order valence-electron chi connectivity index (χ3n) is 9.56. The second-order valence-electron chi connectivity index (χ2n) is 11.8. The molecule has 2 saturated heterocycles. The van der Waals surface area contributed by atoms with Crippen LogP contribution in [0.1, 0.15) is 75.6 Å². The number of Topliss-reactive ketones (excluding diaryl/α,β-unsaturated/α-hetero) is 1. The van der Waals surface area contributed by atoms with Gasteiger partial charge >= 0.3 is 5.69 Å². The van der Waals surface area contributed by atoms with Gasteiger partial charge in [0.05, 0.1) is 24.7 Å². The molecule has 3 fully saturated rings. The molecule has 1 spiro atoms. The fourth-order valence-corrected chi connectivity index (χ4v) is 7.29. The molecule has 5 heterocycles. The number of carbonyl (C=O) groups excluding carboxylic acids is 1. The molecule has 2 aliphatic heterocycles. The van der Waals surface area contributed by atoms with E-state index in [0.29, 0.717) is 48.3 Å². The first kappa shape index (κ1) is 25.0. The number of carbonyl (C=O) groups is 1. The molecule has 0 radical (unpaired) electrons. The number of ketones is 1. The lowest BCUT2D eigenvalue weighted by atomic mass is 9.64. The highest BCUT2D eigenvalue weighted by atomic mass is 16.5. The minimum atomic E-state index is -0.559. The minimum Gasteiger partial charge on any atom is -0.471 e. The van der Waals surface area contributed by atoms with Crippen molar-refractivity contribution in [3.8, 4) is 17.5 Å². The highest BCUT2D eigenvalue weighted by molar-refractivity contribution is 5.91. The Morgan fingerprint density at radius 3 is 2.59 bits per heavy atom. The van der Waals surface area contributed by atoms with E-state index in [1.54, 1.807) is 16.2 Å². The van der Waals surface area contributed by atoms with Crippen molar-refractivity contribution in [2.45, 2.75) is 88.3 Å². The second-order valence-corrected chi connectivity index (χ2v) is 11.8. The fraction of sp³-hybridized carbons (Fsp3) is 0.679. The lowest BCUT2D eigenvalue weighted by Crippen LogP contribution is -2.41. The summed E-state index contributed by atoms with van der Waals surface area (Å²) in [5.74, 6) is 1.46. The molecule has 1 saturated carbocycles. The first-order valence-corrected chi connectivity index (χ1v) is 14.4. The molecule has 3 atom stereocenters. The number of likely N-dealkylation sites (tertiary alicyclic amines) is 1. The van der Waals surface area contributed by atoms with Crippen LogP contribution in [0.25, 0.3) is 22.7 Å². The highest BCUT2D eigenvalue weighted by Gasteiger charge is 2.48. The summed E-state index contributed by atoms with van der Waals surface area (Å²) in [7, 11) is 3.85. The molecule has 208 valence electrons. The lowest BCUT2D eigenvalue weighted by Gasteiger charge is -2.37. The van der Waals surface area contributed by atoms with Gasteiger partial charge in [0.15, 0.2) is 11.2 Å². The first-order valence-electron chi connectivity index (χ1n) is 14.4. The van der Waals surface area contributed by atoms with Crippen LogP contribution >= 0.6 is 0 Å². The van der Waals surface area contributed by atoms with Crippen LogP contribution < -0.4 is 10.4 Å². The number of likely N-dealkylation sites (N-methyl/N-ethyl adjacent to an activating group) is 1. The number of rotatable bonds is 5. The number of hydrogen-bond donors (Lipinski definition) is 0. The standard InChI is InChI=1S/C28H36N6O5/c1-16(19-9-7-13-32(19)2)38-26-21-25(34(17-14-37-15-17)27(36)33(21)3)29-24(30-26)22-18-8-6-12-28(23(18)31-39-22)11-5-4-10-20(28)35/h16-17,19H,4-15H2,1-3H3/t16-,19-,28+/m0/s1. The smallest absolute Gasteiger partial charge is 0.330 e. The van der Waals surface area contributed by atoms with Gasteiger partial charge < -0.3 is 14.0 Å². The van der Waals surface area contributed by atoms with Gasteiger partial charge in [-0.3, -0.25) is 18.8 Å². The zero-order valence-electron chi connectivity index (χ0n) is 22.9. The Morgan fingerprint density at radius 1 is 1.05 bits per heavy atom. The number of fused-ring (bicyclic) bond motifs is 3. The molecule has 0 N–H and O–H groups in total. The Bertz CT molecular complexity index is 1500. The maximum absolute atomic E-state index is 13.4. The zero-order valence-corrected chi connectivity index (χ0v) is 22.9. The van der Waals surface area contributed by atoms with Crippen LogP contribution in [0.4, 0.5) is 0 Å². The van der Waals surface area contributed by atoms with Crippen LogP contribution in [0.3, 0.4) is 0 Å². The van der Waals surface area contributed by atoms with Crippen LogP contribution in [-0.4, -0.2) is 73.9 Å². The van der Waals surface area contributed by atoms with Crippen molar-refractivity contribution in [2.24, 2.45) is 7.05 Å². The molecule has 0 bridgehead atoms. The number of imidazole rings is 1. The van der Waals surface area contributed by atoms with Gasteiger partial charge in [-0.15, -0.1) is 0 Å². The van der Waals surface area contributed by atoms with E-state index in [1.165, 1.54) is 0 Å². The topological polar surface area (TPSA) is 118 Å². The molecule has 11 heteroatoms. The molecule has 4 aliphatic rings. The van der Waals surface area contributed by atoms with E-state index in [2.05, 4.69) is 24.0 Å². The Morgan fingerprint density at radius 2 is 1.87 bits per heavy atom. The van der Waals surface area contributed by atoms with E-state index < -0.39 is 5.41 Å². The maximum atomic E-state index is 13.4. The number of aryl methyl sites for hydroxylation is 1. The van der Waals surface area contributed by atoms with E-state index in [-0.39, 0.29) is 29.7 Å². The molecule has 7 rings (SSSR count). The maximum Gasteiger partial charge on any atom is 0.330 e. The number of ether oxygens (including phenoxy) is 2. The molecule has 0 amide bonds. The largest absolute Gasteiger partial charge is 0.471 e. The predicted molar refractivity (Wildman–Crippen MR) is 142 cm³/mol. The zero-order chi connectivity index (χ0) is 26.9. The summed E-state index contributed by atoms with van der Waals surface area (Å²) >= 11 is 0. The molecule has 2 aliphatic carbocycles. The van der Waals surface area contributed by atoms with E-state index in [1.807, 2.05) is 0 Å². The SMILES string of the molecule is C[C@H](Oc1nc(-c2onc3c2CCC[C@@]32CCCCC2=O)nc2c1n(C)c(=O)n2C1COC1)[C@@H]1CCCN1C. The van der Waals surface area contributed by atoms with E-state index in [0.717, 1.165) is 69.2 Å². The molecule has 3 aromatic rings. The molecule has 39 heavy (non-hydrogen) atoms. The van der Waals surface area contributed by atoms with Crippen molar-refractivity contribution in [1.82, 2.24) is 29.2 Å². The Labute approximate surface area is 226 Å². The first-order chi connectivity index (χ1) is 18.9. The van der Waals surface area contributed by atoms with E-state index >= 15 is 0 Å². The molecular formula is C28H36N6O5. The predicted octanol–water partition coefficient (Wildman–Crippen LogP) is 2.94. The van der Waals surface area contributed by atoms with Gasteiger partial charge in [0.2, 0.25) is 17.5 Å². The molecule has 0 aromatic carbocycles. The summed E-state index contributed by atoms with van der Waals surface area (Å²) in [6.45, 7) is 4.01. The van der Waals surface area contributed by atoms with Crippen LogP contribution in [0.2, 0.25) is 0 Å². The van der Waals surface area contributed by atoms with Gasteiger partial charge in [0, 0.05) is 25.1 Å². The molecular weight excluding hydrogens is 500 g/mol. The van der Waals surface area contributed by atoms with E-state index in [4.69, 9.17) is 24.0 Å². The Balaban J connectivity index is 1.38. The quantitative estimate of drug-likeness (QED) is 0.485. The van der Waals surface area contributed by atoms with E-state index in [9.17, 15) is 9.59 Å². The van der Waals surface area contributed by atoms with Crippen molar-refractivity contribution >= 4 is 16.9 Å². The van der Waals surface area contributed by atoms with Crippen LogP contribution in [-0.2, 0) is 28.4 Å². The fourth-order valence-electron chi connectivity index (χ4n) is 7.29. The van der Waals surface area contributed by atoms with Crippen molar-refractivity contribution in [3.05, 3.63) is 21.7 Å². The summed E-state index contributed by atoms with van der Waals surface area (Å²) < 4.78 is 21.2. The lowest BCUT2D eigenvalue weighted by molar-refractivity contribution is -0.127.